The number of methoxy groups -OCH3 is 1. The van der Waals surface area contributed by atoms with Crippen LogP contribution in [0.3, 0.4) is 0 Å². The van der Waals surface area contributed by atoms with Gasteiger partial charge in [-0.1, -0.05) is 12.1 Å². The van der Waals surface area contributed by atoms with Crippen LogP contribution in [0.5, 0.6) is 5.75 Å². The Morgan fingerprint density at radius 2 is 1.94 bits per heavy atom. The maximum Gasteiger partial charge on any atom is 0.253 e. The molecule has 2 aromatic heterocycles. The average molecular weight is 465 g/mol. The minimum Gasteiger partial charge on any atom is -0.497 e. The smallest absolute Gasteiger partial charge is 0.253 e. The van der Waals surface area contributed by atoms with Crippen molar-refractivity contribution >= 4 is 10.9 Å². The van der Waals surface area contributed by atoms with Gasteiger partial charge in [-0.3, -0.25) is 9.69 Å². The van der Waals surface area contributed by atoms with Crippen molar-refractivity contribution in [2.24, 2.45) is 0 Å². The molecule has 1 fully saturated rings. The lowest BCUT2D eigenvalue weighted by Crippen LogP contribution is -2.41. The fourth-order valence-corrected chi connectivity index (χ4v) is 4.45. The molecule has 1 aliphatic heterocycles. The molecule has 2 N–H and O–H groups in total. The molecule has 34 heavy (non-hydrogen) atoms. The van der Waals surface area contributed by atoms with Crippen LogP contribution in [-0.2, 0) is 6.54 Å². The number of aliphatic hydroxyl groups excluding tert-OH is 1. The van der Waals surface area contributed by atoms with E-state index in [4.69, 9.17) is 4.74 Å². The highest BCUT2D eigenvalue weighted by Gasteiger charge is 2.32. The van der Waals surface area contributed by atoms with Crippen molar-refractivity contribution in [1.82, 2.24) is 30.1 Å². The van der Waals surface area contributed by atoms with Gasteiger partial charge in [0.15, 0.2) is 5.82 Å². The van der Waals surface area contributed by atoms with Gasteiger partial charge < -0.3 is 14.8 Å². The van der Waals surface area contributed by atoms with Gasteiger partial charge in [0.05, 0.1) is 25.3 Å². The number of aromatic amines is 1. The standard InChI is InChI=1S/C24H25FN6O3/c1-34-19-7-4-16-12-20(24(33)26-21(16)13-19)22(30-10-8-18(32)9-11-30)23-27-28-29-31(23)14-15-2-5-17(25)6-3-15/h2-7,12-13,18,22,32H,8-11,14H2,1H3,(H,26,33). The molecule has 4 aromatic rings. The number of aliphatic hydroxyl groups is 1. The van der Waals surface area contributed by atoms with Crippen LogP contribution in [0.25, 0.3) is 10.9 Å². The second-order valence-electron chi connectivity index (χ2n) is 8.50. The Bertz CT molecular complexity index is 1350. The van der Waals surface area contributed by atoms with E-state index < -0.39 is 6.04 Å². The van der Waals surface area contributed by atoms with Crippen molar-refractivity contribution in [3.63, 3.8) is 0 Å². The zero-order chi connectivity index (χ0) is 23.7. The van der Waals surface area contributed by atoms with Gasteiger partial charge in [0, 0.05) is 24.7 Å². The molecule has 0 saturated carbocycles. The van der Waals surface area contributed by atoms with Crippen LogP contribution >= 0.6 is 0 Å². The number of fused-ring (bicyclic) bond motifs is 1. The van der Waals surface area contributed by atoms with Gasteiger partial charge >= 0.3 is 0 Å². The van der Waals surface area contributed by atoms with E-state index in [2.05, 4.69) is 25.4 Å². The highest BCUT2D eigenvalue weighted by atomic mass is 19.1. The molecule has 176 valence electrons. The van der Waals surface area contributed by atoms with E-state index in [1.54, 1.807) is 30.0 Å². The number of hydrogen-bond acceptors (Lipinski definition) is 7. The summed E-state index contributed by atoms with van der Waals surface area (Å²) in [6.07, 6.45) is 0.826. The van der Waals surface area contributed by atoms with Gasteiger partial charge in [0.25, 0.3) is 5.56 Å². The summed E-state index contributed by atoms with van der Waals surface area (Å²) in [4.78, 5) is 18.4. The highest BCUT2D eigenvalue weighted by Crippen LogP contribution is 2.30. The van der Waals surface area contributed by atoms with Crippen molar-refractivity contribution in [2.45, 2.75) is 31.5 Å². The molecule has 10 heteroatoms. The first kappa shape index (κ1) is 22.2. The predicted molar refractivity (Wildman–Crippen MR) is 123 cm³/mol. The maximum atomic E-state index is 13.4. The van der Waals surface area contributed by atoms with Gasteiger partial charge in [-0.25, -0.2) is 9.07 Å². The number of piperidine rings is 1. The second kappa shape index (κ2) is 9.32. The number of nitrogens with one attached hydrogen (secondary N) is 1. The third kappa shape index (κ3) is 4.42. The van der Waals surface area contributed by atoms with E-state index in [9.17, 15) is 14.3 Å². The predicted octanol–water partition coefficient (Wildman–Crippen LogP) is 2.26. The Hall–Kier alpha value is -3.63. The Balaban J connectivity index is 1.59. The zero-order valence-electron chi connectivity index (χ0n) is 18.7. The van der Waals surface area contributed by atoms with E-state index in [1.807, 2.05) is 18.2 Å². The van der Waals surface area contributed by atoms with Crippen LogP contribution in [0.4, 0.5) is 4.39 Å². The SMILES string of the molecule is COc1ccc2cc(C(c3nnnn3Cc3ccc(F)cc3)N3CCC(O)CC3)c(=O)[nH]c2c1. The molecule has 0 bridgehead atoms. The zero-order valence-corrected chi connectivity index (χ0v) is 18.7. The molecule has 1 aliphatic rings. The van der Waals surface area contributed by atoms with E-state index >= 15 is 0 Å². The molecule has 1 saturated heterocycles. The number of H-pyrrole nitrogens is 1. The number of benzene rings is 2. The van der Waals surface area contributed by atoms with Gasteiger partial charge in [0.1, 0.15) is 17.6 Å². The van der Waals surface area contributed by atoms with E-state index in [0.29, 0.717) is 55.1 Å². The van der Waals surface area contributed by atoms with E-state index in [-0.39, 0.29) is 17.5 Å². The largest absolute Gasteiger partial charge is 0.497 e. The molecule has 0 amide bonds. The summed E-state index contributed by atoms with van der Waals surface area (Å²) in [5.41, 5.74) is 1.78. The molecule has 0 aliphatic carbocycles. The third-order valence-electron chi connectivity index (χ3n) is 6.29. The fraction of sp³-hybridized carbons (Fsp3) is 0.333. The summed E-state index contributed by atoms with van der Waals surface area (Å²) in [6, 6.07) is 13.0. The summed E-state index contributed by atoms with van der Waals surface area (Å²) in [7, 11) is 1.58. The first-order valence-corrected chi connectivity index (χ1v) is 11.2. The lowest BCUT2D eigenvalue weighted by Gasteiger charge is -2.35. The molecule has 0 radical (unpaired) electrons. The number of nitrogens with zero attached hydrogens (tertiary/aromatic N) is 5. The summed E-state index contributed by atoms with van der Waals surface area (Å²) in [5.74, 6) is 0.851. The number of tetrazole rings is 1. The van der Waals surface area contributed by atoms with Crippen LogP contribution in [0.2, 0.25) is 0 Å². The monoisotopic (exact) mass is 464 g/mol. The van der Waals surface area contributed by atoms with Crippen molar-refractivity contribution in [1.29, 1.82) is 0 Å². The Morgan fingerprint density at radius 3 is 2.68 bits per heavy atom. The number of rotatable bonds is 6. The van der Waals surface area contributed by atoms with Gasteiger partial charge in [-0.05, 0) is 64.5 Å². The molecule has 3 heterocycles. The molecular formula is C24H25FN6O3. The van der Waals surface area contributed by atoms with Crippen LogP contribution in [0, 0.1) is 5.82 Å². The third-order valence-corrected chi connectivity index (χ3v) is 6.29. The van der Waals surface area contributed by atoms with Crippen molar-refractivity contribution in [3.05, 3.63) is 81.7 Å². The lowest BCUT2D eigenvalue weighted by atomic mass is 9.99. The Kier molecular flexibility index (Phi) is 6.08. The number of hydrogen-bond donors (Lipinski definition) is 2. The van der Waals surface area contributed by atoms with Crippen LogP contribution in [-0.4, -0.2) is 61.5 Å². The van der Waals surface area contributed by atoms with Gasteiger partial charge in [-0.2, -0.15) is 0 Å². The number of pyridine rings is 1. The molecule has 2 aromatic carbocycles. The molecule has 0 spiro atoms. The Morgan fingerprint density at radius 1 is 1.18 bits per heavy atom. The number of halogens is 1. The molecule has 1 unspecified atom stereocenters. The summed E-state index contributed by atoms with van der Waals surface area (Å²) >= 11 is 0. The first-order valence-electron chi connectivity index (χ1n) is 11.2. The maximum absolute atomic E-state index is 13.4. The average Bonchev–Trinajstić information content (AvgIpc) is 3.29. The van der Waals surface area contributed by atoms with Crippen LogP contribution < -0.4 is 10.3 Å². The lowest BCUT2D eigenvalue weighted by molar-refractivity contribution is 0.0659. The van der Waals surface area contributed by atoms with Gasteiger partial charge in [0.2, 0.25) is 0 Å². The number of aromatic nitrogens is 5. The van der Waals surface area contributed by atoms with E-state index in [0.717, 1.165) is 10.9 Å². The number of ether oxygens (including phenoxy) is 1. The first-order chi connectivity index (χ1) is 16.5. The van der Waals surface area contributed by atoms with Crippen LogP contribution in [0.1, 0.15) is 35.8 Å². The minimum atomic E-state index is -0.516. The summed E-state index contributed by atoms with van der Waals surface area (Å²) < 4.78 is 20.3. The normalized spacial score (nSPS) is 16.1. The second-order valence-corrected chi connectivity index (χ2v) is 8.50. The highest BCUT2D eigenvalue weighted by molar-refractivity contribution is 5.80. The molecule has 1 atom stereocenters. The Labute approximate surface area is 194 Å². The molecule has 5 rings (SSSR count). The molecular weight excluding hydrogens is 439 g/mol. The topological polar surface area (TPSA) is 109 Å². The van der Waals surface area contributed by atoms with E-state index in [1.165, 1.54) is 12.1 Å². The van der Waals surface area contributed by atoms with Crippen molar-refractivity contribution in [2.75, 3.05) is 20.2 Å². The van der Waals surface area contributed by atoms with Crippen LogP contribution in [0.15, 0.2) is 53.3 Å². The molecule has 9 nitrogen and oxygen atoms in total. The minimum absolute atomic E-state index is 0.242. The summed E-state index contributed by atoms with van der Waals surface area (Å²) in [6.45, 7) is 1.52. The fourth-order valence-electron chi connectivity index (χ4n) is 4.45. The van der Waals surface area contributed by atoms with Gasteiger partial charge in [-0.15, -0.1) is 5.10 Å². The summed E-state index contributed by atoms with van der Waals surface area (Å²) in [5, 5.41) is 23.3. The number of likely N-dealkylation sites (tertiary alicyclic amines) is 1. The van der Waals surface area contributed by atoms with Crippen molar-refractivity contribution in [3.8, 4) is 5.75 Å². The quantitative estimate of drug-likeness (QED) is 0.451. The van der Waals surface area contributed by atoms with Crippen molar-refractivity contribution < 1.29 is 14.2 Å².